The van der Waals surface area contributed by atoms with E-state index in [1.165, 1.54) is 17.0 Å². The van der Waals surface area contributed by atoms with Gasteiger partial charge in [0.1, 0.15) is 5.82 Å². The maximum Gasteiger partial charge on any atom is 0.317 e. The number of nitrogens with one attached hydrogen (secondary N) is 1. The molecule has 23 heavy (non-hydrogen) atoms. The highest BCUT2D eigenvalue weighted by Gasteiger charge is 2.32. The fourth-order valence-electron chi connectivity index (χ4n) is 2.69. The Labute approximate surface area is 139 Å². The molecule has 0 aliphatic carbocycles. The van der Waals surface area contributed by atoms with Crippen molar-refractivity contribution in [2.75, 3.05) is 19.6 Å². The van der Waals surface area contributed by atoms with E-state index in [0.717, 1.165) is 5.56 Å². The number of nitrogens with zero attached hydrogens (tertiary/aromatic N) is 1. The minimum absolute atomic E-state index is 0.221. The third-order valence-electron chi connectivity index (χ3n) is 4.17. The van der Waals surface area contributed by atoms with Gasteiger partial charge in [0.2, 0.25) is 0 Å². The summed E-state index contributed by atoms with van der Waals surface area (Å²) < 4.78 is 13.1. The highest BCUT2D eigenvalue weighted by Crippen LogP contribution is 2.30. The molecule has 2 amide bonds. The van der Waals surface area contributed by atoms with Crippen LogP contribution in [0.1, 0.15) is 25.8 Å². The summed E-state index contributed by atoms with van der Waals surface area (Å²) >= 11 is 6.08. The molecule has 1 saturated heterocycles. The van der Waals surface area contributed by atoms with Gasteiger partial charge in [-0.2, -0.15) is 0 Å². The van der Waals surface area contributed by atoms with E-state index in [4.69, 9.17) is 16.7 Å². The van der Waals surface area contributed by atoms with Gasteiger partial charge in [-0.3, -0.25) is 4.79 Å². The monoisotopic (exact) mass is 342 g/mol. The predicted molar refractivity (Wildman–Crippen MR) is 85.2 cm³/mol. The third kappa shape index (κ3) is 4.13. The van der Waals surface area contributed by atoms with Crippen molar-refractivity contribution < 1.29 is 19.1 Å². The SMILES string of the molecule is CC(C)(CNC(=O)N1CCC(C(=O)O)C1)c1ccc(F)cc1Cl. The van der Waals surface area contributed by atoms with Gasteiger partial charge in [-0.25, -0.2) is 9.18 Å². The van der Waals surface area contributed by atoms with E-state index in [-0.39, 0.29) is 12.6 Å². The van der Waals surface area contributed by atoms with Crippen molar-refractivity contribution in [2.45, 2.75) is 25.7 Å². The van der Waals surface area contributed by atoms with E-state index in [9.17, 15) is 14.0 Å². The minimum atomic E-state index is -0.876. The number of carbonyl (C=O) groups is 2. The van der Waals surface area contributed by atoms with Crippen LogP contribution in [0.5, 0.6) is 0 Å². The number of amides is 2. The minimum Gasteiger partial charge on any atom is -0.481 e. The van der Waals surface area contributed by atoms with E-state index in [1.54, 1.807) is 6.07 Å². The summed E-state index contributed by atoms with van der Waals surface area (Å²) in [6.45, 7) is 4.76. The maximum absolute atomic E-state index is 13.1. The fraction of sp³-hybridized carbons (Fsp3) is 0.500. The van der Waals surface area contributed by atoms with E-state index >= 15 is 0 Å². The second-order valence-corrected chi connectivity index (χ2v) is 6.84. The van der Waals surface area contributed by atoms with Crippen LogP contribution < -0.4 is 5.32 Å². The molecule has 1 aromatic carbocycles. The maximum atomic E-state index is 13.1. The lowest BCUT2D eigenvalue weighted by atomic mass is 9.84. The molecule has 0 bridgehead atoms. The molecule has 0 saturated carbocycles. The highest BCUT2D eigenvalue weighted by molar-refractivity contribution is 6.31. The van der Waals surface area contributed by atoms with E-state index in [1.807, 2.05) is 13.8 Å². The molecule has 0 aromatic heterocycles. The molecule has 1 atom stereocenters. The quantitative estimate of drug-likeness (QED) is 0.884. The van der Waals surface area contributed by atoms with Gasteiger partial charge in [-0.1, -0.05) is 31.5 Å². The van der Waals surface area contributed by atoms with Crippen LogP contribution in [0.2, 0.25) is 5.02 Å². The van der Waals surface area contributed by atoms with E-state index in [2.05, 4.69) is 5.32 Å². The Morgan fingerprint density at radius 3 is 2.74 bits per heavy atom. The Bertz CT molecular complexity index is 621. The number of likely N-dealkylation sites (tertiary alicyclic amines) is 1. The molecule has 0 spiro atoms. The molecule has 126 valence electrons. The summed E-state index contributed by atoms with van der Waals surface area (Å²) in [5, 5.41) is 12.1. The first-order valence-electron chi connectivity index (χ1n) is 7.42. The summed E-state index contributed by atoms with van der Waals surface area (Å²) in [6.07, 6.45) is 0.468. The van der Waals surface area contributed by atoms with Crippen LogP contribution in [-0.2, 0) is 10.2 Å². The summed E-state index contributed by atoms with van der Waals surface area (Å²) in [6, 6.07) is 3.90. The second kappa shape index (κ2) is 6.74. The van der Waals surface area contributed by atoms with Gasteiger partial charge in [0.25, 0.3) is 0 Å². The van der Waals surface area contributed by atoms with Gasteiger partial charge >= 0.3 is 12.0 Å². The molecule has 1 heterocycles. The molecule has 1 unspecified atom stereocenters. The Morgan fingerprint density at radius 2 is 2.17 bits per heavy atom. The molecule has 5 nitrogen and oxygen atoms in total. The van der Waals surface area contributed by atoms with Gasteiger partial charge in [-0.05, 0) is 24.1 Å². The number of aliphatic carboxylic acids is 1. The Balaban J connectivity index is 1.96. The molecule has 1 aliphatic heterocycles. The highest BCUT2D eigenvalue weighted by atomic mass is 35.5. The first kappa shape index (κ1) is 17.5. The van der Waals surface area contributed by atoms with Crippen molar-refractivity contribution in [3.8, 4) is 0 Å². The molecule has 1 fully saturated rings. The van der Waals surface area contributed by atoms with Crippen LogP contribution in [0.3, 0.4) is 0 Å². The molecule has 1 aliphatic rings. The van der Waals surface area contributed by atoms with Crippen LogP contribution in [0.4, 0.5) is 9.18 Å². The van der Waals surface area contributed by atoms with E-state index < -0.39 is 23.1 Å². The van der Waals surface area contributed by atoms with Crippen molar-refractivity contribution >= 4 is 23.6 Å². The smallest absolute Gasteiger partial charge is 0.317 e. The standard InChI is InChI=1S/C16H20ClFN2O3/c1-16(2,12-4-3-11(18)7-13(12)17)9-19-15(23)20-6-5-10(8-20)14(21)22/h3-4,7,10H,5-6,8-9H2,1-2H3,(H,19,23)(H,21,22). The molecule has 1 aromatic rings. The van der Waals surface area contributed by atoms with Crippen LogP contribution >= 0.6 is 11.6 Å². The number of hydrogen-bond acceptors (Lipinski definition) is 2. The molecule has 0 radical (unpaired) electrons. The average Bonchev–Trinajstić information content (AvgIpc) is 2.94. The van der Waals surface area contributed by atoms with Crippen molar-refractivity contribution in [3.05, 3.63) is 34.6 Å². The van der Waals surface area contributed by atoms with Gasteiger partial charge in [0.05, 0.1) is 5.92 Å². The third-order valence-corrected chi connectivity index (χ3v) is 4.48. The summed E-state index contributed by atoms with van der Waals surface area (Å²) in [5.41, 5.74) is 0.262. The zero-order valence-corrected chi connectivity index (χ0v) is 13.9. The van der Waals surface area contributed by atoms with E-state index in [0.29, 0.717) is 24.5 Å². The lowest BCUT2D eigenvalue weighted by Crippen LogP contribution is -2.44. The van der Waals surface area contributed by atoms with Gasteiger partial charge in [0, 0.05) is 30.1 Å². The lowest BCUT2D eigenvalue weighted by Gasteiger charge is -2.28. The topological polar surface area (TPSA) is 69.6 Å². The predicted octanol–water partition coefficient (Wildman–Crippen LogP) is 2.87. The Hall–Kier alpha value is -1.82. The fourth-order valence-corrected chi connectivity index (χ4v) is 3.11. The number of urea groups is 1. The van der Waals surface area contributed by atoms with Gasteiger partial charge in [0.15, 0.2) is 0 Å². The molecular formula is C16H20ClFN2O3. The van der Waals surface area contributed by atoms with Crippen molar-refractivity contribution in [1.82, 2.24) is 10.2 Å². The van der Waals surface area contributed by atoms with Crippen LogP contribution in [0, 0.1) is 11.7 Å². The normalized spacial score (nSPS) is 18.1. The molecular weight excluding hydrogens is 323 g/mol. The second-order valence-electron chi connectivity index (χ2n) is 6.44. The molecule has 2 rings (SSSR count). The van der Waals surface area contributed by atoms with Crippen LogP contribution in [0.25, 0.3) is 0 Å². The Morgan fingerprint density at radius 1 is 1.48 bits per heavy atom. The zero-order valence-electron chi connectivity index (χ0n) is 13.1. The summed E-state index contributed by atoms with van der Waals surface area (Å²) in [7, 11) is 0. The number of carboxylic acid groups (broad SMARTS) is 1. The number of rotatable bonds is 4. The zero-order chi connectivity index (χ0) is 17.2. The first-order valence-corrected chi connectivity index (χ1v) is 7.79. The van der Waals surface area contributed by atoms with Crippen LogP contribution in [-0.4, -0.2) is 41.6 Å². The first-order chi connectivity index (χ1) is 10.7. The lowest BCUT2D eigenvalue weighted by molar-refractivity contribution is -0.141. The summed E-state index contributed by atoms with van der Waals surface area (Å²) in [4.78, 5) is 24.6. The number of carboxylic acids is 1. The van der Waals surface area contributed by atoms with Crippen LogP contribution in [0.15, 0.2) is 18.2 Å². The average molecular weight is 343 g/mol. The van der Waals surface area contributed by atoms with Gasteiger partial charge in [-0.15, -0.1) is 0 Å². The van der Waals surface area contributed by atoms with Gasteiger partial charge < -0.3 is 15.3 Å². The number of carbonyl (C=O) groups excluding carboxylic acids is 1. The summed E-state index contributed by atoms with van der Waals surface area (Å²) in [5.74, 6) is -1.78. The molecule has 2 N–H and O–H groups in total. The van der Waals surface area contributed by atoms with Crippen molar-refractivity contribution in [3.63, 3.8) is 0 Å². The number of hydrogen-bond donors (Lipinski definition) is 2. The number of benzene rings is 1. The Kier molecular flexibility index (Phi) is 5.14. The van der Waals surface area contributed by atoms with Crippen molar-refractivity contribution in [2.24, 2.45) is 5.92 Å². The molecule has 7 heteroatoms. The van der Waals surface area contributed by atoms with Crippen molar-refractivity contribution in [1.29, 1.82) is 0 Å². The largest absolute Gasteiger partial charge is 0.481 e. The number of halogens is 2.